The molecule has 0 aromatic carbocycles. The molecule has 0 bridgehead atoms. The van der Waals surface area contributed by atoms with Crippen molar-refractivity contribution in [1.29, 1.82) is 0 Å². The Hall–Kier alpha value is -1.05. The molecule has 0 spiro atoms. The van der Waals surface area contributed by atoms with E-state index in [1.54, 1.807) is 0 Å². The van der Waals surface area contributed by atoms with Crippen molar-refractivity contribution in [2.75, 3.05) is 0 Å². The number of allylic oxidation sites excluding steroid dienone is 1. The highest BCUT2D eigenvalue weighted by molar-refractivity contribution is 5.91. The molecule has 2 fully saturated rings. The van der Waals surface area contributed by atoms with E-state index in [1.165, 1.54) is 0 Å². The zero-order valence-corrected chi connectivity index (χ0v) is 8.58. The van der Waals surface area contributed by atoms with Crippen molar-refractivity contribution in [3.63, 3.8) is 0 Å². The molecule has 2 nitrogen and oxygen atoms in total. The number of fused-ring (bicyclic) bond motifs is 1. The summed E-state index contributed by atoms with van der Waals surface area (Å²) in [5, 5.41) is 0. The predicted octanol–water partition coefficient (Wildman–Crippen LogP) is 2.46. The van der Waals surface area contributed by atoms with Crippen LogP contribution in [0.25, 0.3) is 0 Å². The van der Waals surface area contributed by atoms with Crippen LogP contribution in [0.5, 0.6) is 0 Å². The second-order valence-electron chi connectivity index (χ2n) is 4.55. The van der Waals surface area contributed by atoms with Gasteiger partial charge < -0.3 is 4.74 Å². The van der Waals surface area contributed by atoms with Gasteiger partial charge in [-0.3, -0.25) is 0 Å². The largest absolute Gasteiger partial charge is 0.458 e. The van der Waals surface area contributed by atoms with E-state index in [0.29, 0.717) is 5.57 Å². The van der Waals surface area contributed by atoms with Crippen LogP contribution in [0.3, 0.4) is 0 Å². The van der Waals surface area contributed by atoms with E-state index in [-0.39, 0.29) is 23.4 Å². The number of rotatable bonds is 1. The predicted molar refractivity (Wildman–Crippen MR) is 54.7 cm³/mol. The zero-order chi connectivity index (χ0) is 10.3. The molecule has 76 valence electrons. The van der Waals surface area contributed by atoms with Gasteiger partial charge in [-0.25, -0.2) is 4.79 Å². The molecular weight excluding hydrogens is 176 g/mol. The molecule has 2 rings (SSSR count). The van der Waals surface area contributed by atoms with E-state index in [9.17, 15) is 4.79 Å². The van der Waals surface area contributed by atoms with Crippen molar-refractivity contribution < 1.29 is 9.53 Å². The van der Waals surface area contributed by atoms with Crippen molar-refractivity contribution in [1.82, 2.24) is 0 Å². The first-order valence-electron chi connectivity index (χ1n) is 5.12. The van der Waals surface area contributed by atoms with Crippen molar-refractivity contribution in [3.05, 3.63) is 24.8 Å². The van der Waals surface area contributed by atoms with Crippen LogP contribution in [0.1, 0.15) is 26.2 Å². The molecule has 1 saturated heterocycles. The quantitative estimate of drug-likeness (QED) is 0.362. The summed E-state index contributed by atoms with van der Waals surface area (Å²) in [6.45, 7) is 9.85. The number of hydrogen-bond acceptors (Lipinski definition) is 2. The molecular formula is C12H16O2. The lowest BCUT2D eigenvalue weighted by molar-refractivity contribution is -0.140. The monoisotopic (exact) mass is 192 g/mol. The minimum Gasteiger partial charge on any atom is -0.458 e. The lowest BCUT2D eigenvalue weighted by atomic mass is 9.65. The third kappa shape index (κ3) is 1.13. The molecule has 0 unspecified atom stereocenters. The SMILES string of the molecule is C=C[C@]1(C)CCC[C@@H]2OC(=O)C(=C)[C@@H]21. The molecule has 0 aromatic rings. The van der Waals surface area contributed by atoms with Gasteiger partial charge in [-0.1, -0.05) is 19.6 Å². The smallest absolute Gasteiger partial charge is 0.334 e. The standard InChI is InChI=1S/C12H16O2/c1-4-12(3)7-5-6-9-10(12)8(2)11(13)14-9/h4,9-10H,1-2,5-7H2,3H3/t9-,10-,12+/m0/s1. The van der Waals surface area contributed by atoms with E-state index in [2.05, 4.69) is 20.1 Å². The third-order valence-corrected chi connectivity index (χ3v) is 3.65. The maximum atomic E-state index is 11.4. The van der Waals surface area contributed by atoms with Gasteiger partial charge in [0.2, 0.25) is 0 Å². The summed E-state index contributed by atoms with van der Waals surface area (Å²) in [5.41, 5.74) is 0.628. The maximum absolute atomic E-state index is 11.4. The van der Waals surface area contributed by atoms with Gasteiger partial charge in [0.1, 0.15) is 6.10 Å². The maximum Gasteiger partial charge on any atom is 0.334 e. The Morgan fingerprint density at radius 3 is 3.00 bits per heavy atom. The topological polar surface area (TPSA) is 26.3 Å². The highest BCUT2D eigenvalue weighted by Gasteiger charge is 2.49. The number of esters is 1. The fraction of sp³-hybridized carbons (Fsp3) is 0.583. The highest BCUT2D eigenvalue weighted by Crippen LogP contribution is 2.49. The average Bonchev–Trinajstić information content (AvgIpc) is 2.44. The van der Waals surface area contributed by atoms with Gasteiger partial charge in [0.05, 0.1) is 0 Å². The second-order valence-corrected chi connectivity index (χ2v) is 4.55. The molecule has 0 amide bonds. The number of hydrogen-bond donors (Lipinski definition) is 0. The van der Waals surface area contributed by atoms with Crippen LogP contribution in [0.2, 0.25) is 0 Å². The van der Waals surface area contributed by atoms with Gasteiger partial charge in [0, 0.05) is 11.5 Å². The lowest BCUT2D eigenvalue weighted by Gasteiger charge is -2.39. The molecule has 2 heteroatoms. The number of carbonyl (C=O) groups excluding carboxylic acids is 1. The van der Waals surface area contributed by atoms with Crippen molar-refractivity contribution in [3.8, 4) is 0 Å². The molecule has 2 aliphatic rings. The molecule has 0 radical (unpaired) electrons. The van der Waals surface area contributed by atoms with Gasteiger partial charge in [0.25, 0.3) is 0 Å². The fourth-order valence-electron chi connectivity index (χ4n) is 2.75. The van der Waals surface area contributed by atoms with Crippen LogP contribution in [0.4, 0.5) is 0 Å². The Bertz CT molecular complexity index is 305. The molecule has 1 aliphatic carbocycles. The van der Waals surface area contributed by atoms with E-state index in [0.717, 1.165) is 19.3 Å². The second kappa shape index (κ2) is 2.97. The van der Waals surface area contributed by atoms with Gasteiger partial charge in [0.15, 0.2) is 0 Å². The van der Waals surface area contributed by atoms with Crippen molar-refractivity contribution in [2.24, 2.45) is 11.3 Å². The van der Waals surface area contributed by atoms with Gasteiger partial charge >= 0.3 is 5.97 Å². The van der Waals surface area contributed by atoms with Crippen molar-refractivity contribution in [2.45, 2.75) is 32.3 Å². The first kappa shape index (κ1) is 9.50. The fourth-order valence-corrected chi connectivity index (χ4v) is 2.75. The highest BCUT2D eigenvalue weighted by atomic mass is 16.6. The van der Waals surface area contributed by atoms with Crippen LogP contribution in [0, 0.1) is 11.3 Å². The zero-order valence-electron chi connectivity index (χ0n) is 8.58. The van der Waals surface area contributed by atoms with Gasteiger partial charge in [-0.2, -0.15) is 0 Å². The van der Waals surface area contributed by atoms with Crippen LogP contribution in [-0.4, -0.2) is 12.1 Å². The molecule has 3 atom stereocenters. The van der Waals surface area contributed by atoms with Crippen molar-refractivity contribution >= 4 is 5.97 Å². The minimum absolute atomic E-state index is 0.00778. The summed E-state index contributed by atoms with van der Waals surface area (Å²) >= 11 is 0. The first-order chi connectivity index (χ1) is 6.58. The summed E-state index contributed by atoms with van der Waals surface area (Å²) in [4.78, 5) is 11.4. The molecule has 14 heavy (non-hydrogen) atoms. The van der Waals surface area contributed by atoms with Crippen LogP contribution in [0.15, 0.2) is 24.8 Å². The van der Waals surface area contributed by atoms with Crippen LogP contribution >= 0.6 is 0 Å². The Morgan fingerprint density at radius 2 is 2.36 bits per heavy atom. The molecule has 0 N–H and O–H groups in total. The Labute approximate surface area is 84.6 Å². The Morgan fingerprint density at radius 1 is 1.64 bits per heavy atom. The van der Waals surface area contributed by atoms with E-state index in [4.69, 9.17) is 4.74 Å². The van der Waals surface area contributed by atoms with Gasteiger partial charge in [-0.15, -0.1) is 6.58 Å². The van der Waals surface area contributed by atoms with Crippen LogP contribution in [-0.2, 0) is 9.53 Å². The van der Waals surface area contributed by atoms with Crippen LogP contribution < -0.4 is 0 Å². The average molecular weight is 192 g/mol. The Balaban J connectivity index is 2.36. The Kier molecular flexibility index (Phi) is 2.02. The first-order valence-corrected chi connectivity index (χ1v) is 5.12. The summed E-state index contributed by atoms with van der Waals surface area (Å²) in [5.74, 6) is -0.0591. The normalized spacial score (nSPS) is 41.8. The van der Waals surface area contributed by atoms with E-state index >= 15 is 0 Å². The van der Waals surface area contributed by atoms with E-state index in [1.807, 2.05) is 6.08 Å². The summed E-state index contributed by atoms with van der Waals surface area (Å²) in [6, 6.07) is 0. The molecule has 1 aliphatic heterocycles. The van der Waals surface area contributed by atoms with Gasteiger partial charge in [-0.05, 0) is 24.7 Å². The summed E-state index contributed by atoms with van der Waals surface area (Å²) < 4.78 is 5.29. The number of ether oxygens (including phenoxy) is 1. The van der Waals surface area contributed by atoms with E-state index < -0.39 is 0 Å². The summed E-state index contributed by atoms with van der Waals surface area (Å²) in [6.07, 6.45) is 5.15. The third-order valence-electron chi connectivity index (χ3n) is 3.65. The molecule has 0 aromatic heterocycles. The summed E-state index contributed by atoms with van der Waals surface area (Å²) in [7, 11) is 0. The number of carbonyl (C=O) groups is 1. The minimum atomic E-state index is -0.213. The molecule has 1 saturated carbocycles. The molecule has 1 heterocycles. The lowest BCUT2D eigenvalue weighted by Crippen LogP contribution is -2.36.